The van der Waals surface area contributed by atoms with Crippen LogP contribution in [0, 0.1) is 11.8 Å². The molecule has 1 aliphatic heterocycles. The highest BCUT2D eigenvalue weighted by atomic mass is 35.5. The second-order valence-electron chi connectivity index (χ2n) is 7.76. The van der Waals surface area contributed by atoms with Crippen LogP contribution in [0.1, 0.15) is 66.2 Å². The fraction of sp³-hybridized carbons (Fsp3) is 0.682. The van der Waals surface area contributed by atoms with Crippen LogP contribution < -0.4 is 5.32 Å². The van der Waals surface area contributed by atoms with Crippen molar-refractivity contribution in [1.82, 2.24) is 9.62 Å². The highest BCUT2D eigenvalue weighted by Crippen LogP contribution is 2.26. The zero-order valence-corrected chi connectivity index (χ0v) is 17.3. The lowest BCUT2D eigenvalue weighted by molar-refractivity contribution is -0.125. The zero-order valence-electron chi connectivity index (χ0n) is 15.7. The number of amides is 1. The second kappa shape index (κ2) is 11.9. The number of carbonyl (C=O) groups is 1. The zero-order chi connectivity index (χ0) is 19.3. The Morgan fingerprint density at radius 1 is 1.07 bits per heavy atom. The fourth-order valence-corrected chi connectivity index (χ4v) is 5.90. The minimum Gasteiger partial charge on any atom is -0.356 e. The number of halogens is 1. The lowest BCUT2D eigenvalue weighted by Gasteiger charge is -2.20. The van der Waals surface area contributed by atoms with Crippen LogP contribution in [0.5, 0.6) is 0 Å². The quantitative estimate of drug-likeness (QED) is 0.686. The molecule has 1 N–H and O–H groups in total. The molecule has 1 amide bonds. The van der Waals surface area contributed by atoms with Crippen LogP contribution in [-0.2, 0) is 14.8 Å². The van der Waals surface area contributed by atoms with Crippen molar-refractivity contribution < 1.29 is 13.2 Å². The molecule has 1 aromatic rings. The van der Waals surface area contributed by atoms with E-state index in [1.165, 1.54) is 29.6 Å². The molecule has 1 atom stereocenters. The van der Waals surface area contributed by atoms with E-state index < -0.39 is 10.0 Å². The Bertz CT molecular complexity index is 746. The summed E-state index contributed by atoms with van der Waals surface area (Å²) in [5.74, 6) is 0.433. The minimum absolute atomic E-state index is 0. The lowest BCUT2D eigenvalue weighted by atomic mass is 9.90. The van der Waals surface area contributed by atoms with Crippen LogP contribution >= 0.6 is 11.6 Å². The lowest BCUT2D eigenvalue weighted by Crippen LogP contribution is -2.36. The molecule has 1 unspecified atom stereocenters. The maximum absolute atomic E-state index is 12.8. The van der Waals surface area contributed by atoms with E-state index in [2.05, 4.69) is 5.32 Å². The topological polar surface area (TPSA) is 66.5 Å². The highest BCUT2D eigenvalue weighted by molar-refractivity contribution is 7.89. The molecule has 2 fully saturated rings. The number of nitrogens with zero attached hydrogens (tertiary/aromatic N) is 1. The monoisotopic (exact) mass is 444 g/mol. The van der Waals surface area contributed by atoms with Crippen LogP contribution in [0.3, 0.4) is 0 Å². The smallest absolute Gasteiger partial charge is 0.243 e. The van der Waals surface area contributed by atoms with Gasteiger partial charge < -0.3 is 5.32 Å². The molecule has 0 bridgehead atoms. The first-order valence-corrected chi connectivity index (χ1v) is 11.8. The van der Waals surface area contributed by atoms with Gasteiger partial charge in [-0.2, -0.15) is 4.31 Å². The molecular formula is C22H37ClN2O3S. The van der Waals surface area contributed by atoms with E-state index in [0.29, 0.717) is 24.7 Å². The molecule has 1 saturated heterocycles. The summed E-state index contributed by atoms with van der Waals surface area (Å²) in [5.41, 5.74) is 0. The predicted molar refractivity (Wildman–Crippen MR) is 121 cm³/mol. The van der Waals surface area contributed by atoms with Gasteiger partial charge in [-0.05, 0) is 43.4 Å². The van der Waals surface area contributed by atoms with Crippen LogP contribution in [0.4, 0.5) is 0 Å². The third-order valence-electron chi connectivity index (χ3n) is 5.72. The van der Waals surface area contributed by atoms with Crippen molar-refractivity contribution in [3.05, 3.63) is 29.3 Å². The molecule has 166 valence electrons. The Morgan fingerprint density at radius 2 is 1.72 bits per heavy atom. The molecule has 2 aliphatic rings. The van der Waals surface area contributed by atoms with Gasteiger partial charge in [0, 0.05) is 30.6 Å². The summed E-state index contributed by atoms with van der Waals surface area (Å²) in [4.78, 5) is 12.7. The Kier molecular flexibility index (Phi) is 10.7. The van der Waals surface area contributed by atoms with Crippen LogP contribution in [-0.4, -0.2) is 38.3 Å². The number of rotatable bonds is 5. The molecule has 0 spiro atoms. The summed E-state index contributed by atoms with van der Waals surface area (Å²) in [6, 6.07) is 6.38. The SMILES string of the molecule is C.C.O=C(NCC1CCN(S(=O)(=O)c2cccc(Cl)c2)C1)C1CCCCCCC1. The van der Waals surface area contributed by atoms with Gasteiger partial charge in [-0.25, -0.2) is 8.42 Å². The number of hydrogen-bond donors (Lipinski definition) is 1. The van der Waals surface area contributed by atoms with Crippen molar-refractivity contribution in [3.8, 4) is 0 Å². The molecule has 7 heteroatoms. The molecule has 0 aromatic heterocycles. The van der Waals surface area contributed by atoms with E-state index in [0.717, 1.165) is 32.1 Å². The Balaban J connectivity index is 0.00000210. The molecule has 1 aromatic carbocycles. The number of benzene rings is 1. The van der Waals surface area contributed by atoms with Gasteiger partial charge in [0.1, 0.15) is 0 Å². The average Bonchev–Trinajstić information content (AvgIpc) is 3.09. The second-order valence-corrected chi connectivity index (χ2v) is 10.1. The summed E-state index contributed by atoms with van der Waals surface area (Å²) < 4.78 is 27.0. The molecule has 1 heterocycles. The Hall–Kier alpha value is -1.11. The van der Waals surface area contributed by atoms with E-state index in [4.69, 9.17) is 11.6 Å². The molecule has 1 saturated carbocycles. The summed E-state index contributed by atoms with van der Waals surface area (Å²) in [5, 5.41) is 3.50. The standard InChI is InChI=1S/C20H29ClN2O3S.2CH4/c21-18-9-6-10-19(13-18)27(25,26)23-12-11-16(15-23)14-22-20(24)17-7-4-2-1-3-5-8-17;;/h6,9-10,13,16-17H,1-5,7-8,11-12,14-15H2,(H,22,24);2*1H4. The van der Waals surface area contributed by atoms with E-state index in [9.17, 15) is 13.2 Å². The third kappa shape index (κ3) is 6.97. The van der Waals surface area contributed by atoms with E-state index in [-0.39, 0.29) is 37.5 Å². The van der Waals surface area contributed by atoms with E-state index >= 15 is 0 Å². The Labute approximate surface area is 182 Å². The first kappa shape index (κ1) is 25.9. The van der Waals surface area contributed by atoms with Crippen LogP contribution in [0.15, 0.2) is 29.2 Å². The number of hydrogen-bond acceptors (Lipinski definition) is 3. The van der Waals surface area contributed by atoms with Gasteiger partial charge in [0.2, 0.25) is 15.9 Å². The van der Waals surface area contributed by atoms with Gasteiger partial charge in [-0.1, -0.05) is 64.6 Å². The first-order valence-electron chi connectivity index (χ1n) is 10.0. The van der Waals surface area contributed by atoms with Crippen molar-refractivity contribution >= 4 is 27.5 Å². The summed E-state index contributed by atoms with van der Waals surface area (Å²) in [6.45, 7) is 1.48. The molecule has 5 nitrogen and oxygen atoms in total. The van der Waals surface area contributed by atoms with Crippen molar-refractivity contribution in [2.75, 3.05) is 19.6 Å². The normalized spacial score (nSPS) is 21.3. The van der Waals surface area contributed by atoms with E-state index in [1.807, 2.05) is 0 Å². The number of sulfonamides is 1. The van der Waals surface area contributed by atoms with Gasteiger partial charge in [0.15, 0.2) is 0 Å². The van der Waals surface area contributed by atoms with Crippen molar-refractivity contribution in [1.29, 1.82) is 0 Å². The molecular weight excluding hydrogens is 408 g/mol. The maximum atomic E-state index is 12.8. The molecule has 0 radical (unpaired) electrons. The van der Waals surface area contributed by atoms with Crippen LogP contribution in [0.25, 0.3) is 0 Å². The highest BCUT2D eigenvalue weighted by Gasteiger charge is 2.33. The van der Waals surface area contributed by atoms with Gasteiger partial charge in [-0.15, -0.1) is 0 Å². The van der Waals surface area contributed by atoms with Gasteiger partial charge in [0.05, 0.1) is 4.90 Å². The van der Waals surface area contributed by atoms with Gasteiger partial charge in [0.25, 0.3) is 0 Å². The molecule has 1 aliphatic carbocycles. The average molecular weight is 445 g/mol. The van der Waals surface area contributed by atoms with Crippen LogP contribution in [0.2, 0.25) is 5.02 Å². The number of nitrogens with one attached hydrogen (secondary N) is 1. The fourth-order valence-electron chi connectivity index (χ4n) is 4.07. The number of carbonyl (C=O) groups excluding carboxylic acids is 1. The van der Waals surface area contributed by atoms with Crippen molar-refractivity contribution in [2.45, 2.75) is 71.1 Å². The maximum Gasteiger partial charge on any atom is 0.243 e. The van der Waals surface area contributed by atoms with Crippen molar-refractivity contribution in [2.24, 2.45) is 11.8 Å². The Morgan fingerprint density at radius 3 is 2.38 bits per heavy atom. The summed E-state index contributed by atoms with van der Waals surface area (Å²) >= 11 is 5.94. The van der Waals surface area contributed by atoms with Gasteiger partial charge >= 0.3 is 0 Å². The molecule has 3 rings (SSSR count). The third-order valence-corrected chi connectivity index (χ3v) is 7.82. The van der Waals surface area contributed by atoms with Crippen molar-refractivity contribution in [3.63, 3.8) is 0 Å². The molecule has 29 heavy (non-hydrogen) atoms. The predicted octanol–water partition coefficient (Wildman–Crippen LogP) is 5.10. The summed E-state index contributed by atoms with van der Waals surface area (Å²) in [7, 11) is -3.53. The van der Waals surface area contributed by atoms with Gasteiger partial charge in [-0.3, -0.25) is 4.79 Å². The first-order chi connectivity index (χ1) is 13.0. The summed E-state index contributed by atoms with van der Waals surface area (Å²) in [6.07, 6.45) is 8.72. The minimum atomic E-state index is -3.53. The largest absolute Gasteiger partial charge is 0.356 e. The van der Waals surface area contributed by atoms with E-state index in [1.54, 1.807) is 18.2 Å².